The van der Waals surface area contributed by atoms with Crippen molar-refractivity contribution in [2.45, 2.75) is 11.8 Å². The molecule has 1 atom stereocenters. The van der Waals surface area contributed by atoms with Gasteiger partial charge in [-0.25, -0.2) is 0 Å². The van der Waals surface area contributed by atoms with Crippen LogP contribution in [-0.2, 0) is 0 Å². The smallest absolute Gasteiger partial charge is 0.0541 e. The SMILES string of the molecule is [S]C/C(Cl)=C/C(Cl)CCCl. The number of hydrogen-bond acceptors (Lipinski definition) is 0. The maximum absolute atomic E-state index is 5.76. The van der Waals surface area contributed by atoms with E-state index in [-0.39, 0.29) is 5.38 Å². The van der Waals surface area contributed by atoms with Crippen LogP contribution in [0.4, 0.5) is 0 Å². The molecule has 0 saturated heterocycles. The topological polar surface area (TPSA) is 0 Å². The molecule has 0 amide bonds. The molecule has 0 heterocycles. The molecule has 10 heavy (non-hydrogen) atoms. The van der Waals surface area contributed by atoms with E-state index in [1.165, 1.54) is 0 Å². The summed E-state index contributed by atoms with van der Waals surface area (Å²) in [4.78, 5) is 0. The van der Waals surface area contributed by atoms with Gasteiger partial charge in [-0.2, -0.15) is 0 Å². The lowest BCUT2D eigenvalue weighted by Gasteiger charge is -1.99. The number of alkyl halides is 2. The van der Waals surface area contributed by atoms with Gasteiger partial charge in [0.25, 0.3) is 0 Å². The minimum atomic E-state index is -0.0760. The summed E-state index contributed by atoms with van der Waals surface area (Å²) >= 11 is 21.5. The fraction of sp³-hybridized carbons (Fsp3) is 0.667. The molecule has 0 rings (SSSR count). The van der Waals surface area contributed by atoms with Crippen LogP contribution in [0, 0.1) is 0 Å². The first-order valence-electron chi connectivity index (χ1n) is 2.85. The third-order valence-corrected chi connectivity index (χ3v) is 2.18. The Bertz CT molecular complexity index is 114. The third kappa shape index (κ3) is 5.72. The van der Waals surface area contributed by atoms with Gasteiger partial charge in [-0.15, -0.1) is 23.2 Å². The van der Waals surface area contributed by atoms with Crippen LogP contribution >= 0.6 is 47.4 Å². The second kappa shape index (κ2) is 6.66. The first kappa shape index (κ1) is 11.0. The van der Waals surface area contributed by atoms with E-state index in [1.54, 1.807) is 6.08 Å². The van der Waals surface area contributed by atoms with Crippen LogP contribution in [0.2, 0.25) is 0 Å². The number of allylic oxidation sites excluding steroid dienone is 1. The number of hydrogen-bond donors (Lipinski definition) is 0. The first-order valence-corrected chi connectivity index (χ1v) is 4.77. The lowest BCUT2D eigenvalue weighted by atomic mass is 10.3. The second-order valence-corrected chi connectivity index (χ2v) is 3.46. The fourth-order valence-electron chi connectivity index (χ4n) is 0.432. The molecule has 0 aromatic rings. The molecule has 0 saturated carbocycles. The lowest BCUT2D eigenvalue weighted by Crippen LogP contribution is -1.95. The monoisotopic (exact) mass is 217 g/mol. The molecule has 0 aromatic heterocycles. The molecule has 4 heteroatoms. The normalized spacial score (nSPS) is 15.4. The van der Waals surface area contributed by atoms with E-state index < -0.39 is 0 Å². The highest BCUT2D eigenvalue weighted by molar-refractivity contribution is 7.80. The van der Waals surface area contributed by atoms with Gasteiger partial charge in [0, 0.05) is 16.7 Å². The highest BCUT2D eigenvalue weighted by Crippen LogP contribution is 2.11. The molecule has 0 fully saturated rings. The molecular formula is C6H8Cl3S. The molecule has 59 valence electrons. The zero-order chi connectivity index (χ0) is 7.98. The predicted molar refractivity (Wildman–Crippen MR) is 51.4 cm³/mol. The van der Waals surface area contributed by atoms with E-state index in [2.05, 4.69) is 12.6 Å². The van der Waals surface area contributed by atoms with Crippen LogP contribution in [0.15, 0.2) is 11.1 Å². The average Bonchev–Trinajstić information content (AvgIpc) is 1.88. The van der Waals surface area contributed by atoms with Crippen LogP contribution in [-0.4, -0.2) is 17.0 Å². The van der Waals surface area contributed by atoms with Crippen molar-refractivity contribution in [1.29, 1.82) is 0 Å². The lowest BCUT2D eigenvalue weighted by molar-refractivity contribution is 0.971. The molecule has 0 aromatic carbocycles. The maximum atomic E-state index is 5.76. The van der Waals surface area contributed by atoms with E-state index in [9.17, 15) is 0 Å². The highest BCUT2D eigenvalue weighted by Gasteiger charge is 1.99. The Kier molecular flexibility index (Phi) is 7.30. The van der Waals surface area contributed by atoms with Crippen molar-refractivity contribution in [2.24, 2.45) is 0 Å². The average molecular weight is 219 g/mol. The van der Waals surface area contributed by atoms with Crippen molar-refractivity contribution in [3.63, 3.8) is 0 Å². The van der Waals surface area contributed by atoms with Gasteiger partial charge < -0.3 is 0 Å². The Balaban J connectivity index is 3.62. The van der Waals surface area contributed by atoms with Crippen molar-refractivity contribution >= 4 is 47.4 Å². The molecule has 0 spiro atoms. The molecular weight excluding hydrogens is 210 g/mol. The van der Waals surface area contributed by atoms with Gasteiger partial charge in [-0.1, -0.05) is 30.3 Å². The van der Waals surface area contributed by atoms with Crippen molar-refractivity contribution in [2.75, 3.05) is 11.6 Å². The maximum Gasteiger partial charge on any atom is 0.0541 e. The Morgan fingerprint density at radius 2 is 2.20 bits per heavy atom. The summed E-state index contributed by atoms with van der Waals surface area (Å²) in [5.41, 5.74) is 0. The van der Waals surface area contributed by atoms with Crippen molar-refractivity contribution in [3.05, 3.63) is 11.1 Å². The van der Waals surface area contributed by atoms with Crippen LogP contribution in [0.1, 0.15) is 6.42 Å². The minimum absolute atomic E-state index is 0.0760. The molecule has 0 N–H and O–H groups in total. The molecule has 0 aliphatic rings. The van der Waals surface area contributed by atoms with Crippen molar-refractivity contribution < 1.29 is 0 Å². The summed E-state index contributed by atoms with van der Waals surface area (Å²) in [7, 11) is 0. The van der Waals surface area contributed by atoms with Crippen LogP contribution in [0.3, 0.4) is 0 Å². The summed E-state index contributed by atoms with van der Waals surface area (Å²) in [5.74, 6) is 0.972. The quantitative estimate of drug-likeness (QED) is 0.633. The number of rotatable bonds is 4. The molecule has 0 nitrogen and oxygen atoms in total. The molecule has 1 unspecified atom stereocenters. The largest absolute Gasteiger partial charge is 0.127 e. The van der Waals surface area contributed by atoms with E-state index >= 15 is 0 Å². The zero-order valence-electron chi connectivity index (χ0n) is 5.32. The Labute approximate surface area is 81.9 Å². The van der Waals surface area contributed by atoms with E-state index in [0.717, 1.165) is 6.42 Å². The predicted octanol–water partition coefficient (Wildman–Crippen LogP) is 3.54. The first-order chi connectivity index (χ1) is 4.70. The second-order valence-electron chi connectivity index (χ2n) is 1.75. The van der Waals surface area contributed by atoms with Gasteiger partial charge in [0.2, 0.25) is 0 Å². The van der Waals surface area contributed by atoms with Crippen molar-refractivity contribution in [1.82, 2.24) is 0 Å². The van der Waals surface area contributed by atoms with Crippen LogP contribution in [0.25, 0.3) is 0 Å². The van der Waals surface area contributed by atoms with Crippen LogP contribution in [0.5, 0.6) is 0 Å². The Morgan fingerprint density at radius 3 is 2.60 bits per heavy atom. The fourth-order valence-corrected chi connectivity index (χ4v) is 1.35. The molecule has 0 aliphatic carbocycles. The van der Waals surface area contributed by atoms with E-state index in [0.29, 0.717) is 16.7 Å². The summed E-state index contributed by atoms with van der Waals surface area (Å²) in [6.45, 7) is 0. The summed E-state index contributed by atoms with van der Waals surface area (Å²) in [6.07, 6.45) is 2.47. The Morgan fingerprint density at radius 1 is 1.60 bits per heavy atom. The standard InChI is InChI=1S/C6H8Cl3S/c7-2-1-5(8)3-6(9)4-10/h3,5H,1-2,4H2/b6-3-. The summed E-state index contributed by atoms with van der Waals surface area (Å²) in [6, 6.07) is 0. The van der Waals surface area contributed by atoms with Gasteiger partial charge >= 0.3 is 0 Å². The summed E-state index contributed by atoms with van der Waals surface area (Å²) < 4.78 is 0. The summed E-state index contributed by atoms with van der Waals surface area (Å²) in [5, 5.41) is 0.549. The zero-order valence-corrected chi connectivity index (χ0v) is 8.40. The number of halogens is 3. The molecule has 1 radical (unpaired) electrons. The molecule has 0 aliphatic heterocycles. The minimum Gasteiger partial charge on any atom is -0.127 e. The van der Waals surface area contributed by atoms with Crippen molar-refractivity contribution in [3.8, 4) is 0 Å². The van der Waals surface area contributed by atoms with E-state index in [1.807, 2.05) is 0 Å². The van der Waals surface area contributed by atoms with Gasteiger partial charge in [-0.3, -0.25) is 0 Å². The third-order valence-electron chi connectivity index (χ3n) is 0.884. The highest BCUT2D eigenvalue weighted by atomic mass is 35.5. The Hall–Kier alpha value is 0.960. The van der Waals surface area contributed by atoms with E-state index in [4.69, 9.17) is 34.8 Å². The van der Waals surface area contributed by atoms with Gasteiger partial charge in [0.1, 0.15) is 0 Å². The van der Waals surface area contributed by atoms with Crippen LogP contribution < -0.4 is 0 Å². The van der Waals surface area contributed by atoms with Gasteiger partial charge in [0.15, 0.2) is 0 Å². The van der Waals surface area contributed by atoms with Gasteiger partial charge in [-0.05, 0) is 6.42 Å². The molecule has 0 bridgehead atoms. The van der Waals surface area contributed by atoms with Gasteiger partial charge in [0.05, 0.1) is 5.38 Å².